The van der Waals surface area contributed by atoms with Crippen molar-refractivity contribution in [2.75, 3.05) is 13.1 Å². The Hall–Kier alpha value is -1.42. The summed E-state index contributed by atoms with van der Waals surface area (Å²) in [4.78, 5) is 2.16. The zero-order chi connectivity index (χ0) is 9.10. The highest BCUT2D eigenvalue weighted by Crippen LogP contribution is 2.25. The van der Waals surface area contributed by atoms with Gasteiger partial charge in [-0.25, -0.2) is 0 Å². The van der Waals surface area contributed by atoms with Gasteiger partial charge in [0.1, 0.15) is 0 Å². The molecule has 0 spiro atoms. The Bertz CT molecular complexity index is 325. The van der Waals surface area contributed by atoms with Gasteiger partial charge in [0, 0.05) is 25.1 Å². The Balaban J connectivity index is 1.96. The van der Waals surface area contributed by atoms with Crippen LogP contribution in [-0.2, 0) is 0 Å². The van der Waals surface area contributed by atoms with Gasteiger partial charge in [0.05, 0.1) is 0 Å². The normalized spacial score (nSPS) is 15.9. The van der Waals surface area contributed by atoms with Crippen molar-refractivity contribution in [1.82, 2.24) is 4.90 Å². The van der Waals surface area contributed by atoms with Crippen LogP contribution in [0.3, 0.4) is 0 Å². The highest BCUT2D eigenvalue weighted by Gasteiger charge is 2.25. The van der Waals surface area contributed by atoms with Gasteiger partial charge < -0.3 is 4.90 Å². The molecule has 1 saturated heterocycles. The molecule has 1 heterocycles. The van der Waals surface area contributed by atoms with E-state index in [-0.39, 0.29) is 0 Å². The largest absolute Gasteiger partial charge is 0.331 e. The Kier molecular flexibility index (Phi) is 2.23. The Morgan fingerprint density at radius 3 is 2.54 bits per heavy atom. The van der Waals surface area contributed by atoms with Crippen molar-refractivity contribution >= 4 is 0 Å². The second kappa shape index (κ2) is 3.53. The molecule has 13 heavy (non-hydrogen) atoms. The van der Waals surface area contributed by atoms with Crippen LogP contribution in [0.15, 0.2) is 30.3 Å². The summed E-state index contributed by atoms with van der Waals surface area (Å²) in [5.74, 6) is 3.61. The first-order chi connectivity index (χ1) is 6.40. The zero-order valence-electron chi connectivity index (χ0n) is 7.83. The number of rotatable bonds is 1. The summed E-state index contributed by atoms with van der Waals surface area (Å²) in [6.07, 6.45) is 0. The molecule has 0 N–H and O–H groups in total. The first kappa shape index (κ1) is 8.19. The van der Waals surface area contributed by atoms with Crippen LogP contribution in [0.2, 0.25) is 0 Å². The topological polar surface area (TPSA) is 3.24 Å². The lowest BCUT2D eigenvalue weighted by Crippen LogP contribution is -2.41. The summed E-state index contributed by atoms with van der Waals surface area (Å²) in [6, 6.07) is 13.7. The molecule has 0 aromatic heterocycles. The quantitative estimate of drug-likeness (QED) is 0.585. The van der Waals surface area contributed by atoms with E-state index < -0.39 is 0 Å². The SMILES string of the molecule is CC#CN1CC(c2ccccc2)C1. The molecule has 0 saturated carbocycles. The minimum atomic E-state index is 0.696. The van der Waals surface area contributed by atoms with E-state index in [0.29, 0.717) is 5.92 Å². The fourth-order valence-electron chi connectivity index (χ4n) is 1.66. The van der Waals surface area contributed by atoms with E-state index in [9.17, 15) is 0 Å². The average Bonchev–Trinajstić information content (AvgIpc) is 2.12. The maximum atomic E-state index is 3.07. The lowest BCUT2D eigenvalue weighted by Gasteiger charge is -2.36. The summed E-state index contributed by atoms with van der Waals surface area (Å²) in [5.41, 5.74) is 1.44. The Morgan fingerprint density at radius 2 is 1.92 bits per heavy atom. The molecule has 0 bridgehead atoms. The molecule has 1 aliphatic rings. The van der Waals surface area contributed by atoms with Gasteiger partial charge in [-0.15, -0.1) is 0 Å². The van der Waals surface area contributed by atoms with Gasteiger partial charge in [-0.05, 0) is 12.5 Å². The third kappa shape index (κ3) is 1.67. The van der Waals surface area contributed by atoms with Crippen LogP contribution in [-0.4, -0.2) is 18.0 Å². The van der Waals surface area contributed by atoms with E-state index in [4.69, 9.17) is 0 Å². The van der Waals surface area contributed by atoms with Crippen LogP contribution in [0.4, 0.5) is 0 Å². The van der Waals surface area contributed by atoms with Crippen molar-refractivity contribution in [3.05, 3.63) is 35.9 Å². The summed E-state index contributed by atoms with van der Waals surface area (Å²) in [7, 11) is 0. The van der Waals surface area contributed by atoms with Crippen molar-refractivity contribution < 1.29 is 0 Å². The molecule has 1 aromatic carbocycles. The molecule has 1 aromatic rings. The second-order valence-corrected chi connectivity index (χ2v) is 3.37. The summed E-state index contributed by atoms with van der Waals surface area (Å²) in [5, 5.41) is 0. The van der Waals surface area contributed by atoms with Crippen molar-refractivity contribution in [2.45, 2.75) is 12.8 Å². The molecule has 0 unspecified atom stereocenters. The molecule has 0 radical (unpaired) electrons. The van der Waals surface area contributed by atoms with Gasteiger partial charge in [0.15, 0.2) is 0 Å². The van der Waals surface area contributed by atoms with E-state index >= 15 is 0 Å². The highest BCUT2D eigenvalue weighted by atomic mass is 15.2. The van der Waals surface area contributed by atoms with Crippen molar-refractivity contribution in [2.24, 2.45) is 0 Å². The molecule has 1 aliphatic heterocycles. The zero-order valence-corrected chi connectivity index (χ0v) is 7.83. The van der Waals surface area contributed by atoms with Crippen LogP contribution in [0.1, 0.15) is 18.4 Å². The summed E-state index contributed by atoms with van der Waals surface area (Å²) >= 11 is 0. The van der Waals surface area contributed by atoms with Crippen molar-refractivity contribution in [3.8, 4) is 12.0 Å². The maximum Gasteiger partial charge on any atom is 0.0346 e. The van der Waals surface area contributed by atoms with Crippen LogP contribution >= 0.6 is 0 Å². The number of nitrogens with zero attached hydrogens (tertiary/aromatic N) is 1. The lowest BCUT2D eigenvalue weighted by atomic mass is 9.92. The lowest BCUT2D eigenvalue weighted by molar-refractivity contribution is 0.237. The molecule has 66 valence electrons. The van der Waals surface area contributed by atoms with E-state index in [1.54, 1.807) is 0 Å². The standard InChI is InChI=1S/C12H13N/c1-2-8-13-9-12(10-13)11-6-4-3-5-7-11/h3-7,12H,9-10H2,1H3. The maximum absolute atomic E-state index is 3.07. The fraction of sp³-hybridized carbons (Fsp3) is 0.333. The molecule has 1 fully saturated rings. The van der Waals surface area contributed by atoms with Crippen LogP contribution in [0.25, 0.3) is 0 Å². The first-order valence-electron chi connectivity index (χ1n) is 4.62. The second-order valence-electron chi connectivity index (χ2n) is 3.37. The van der Waals surface area contributed by atoms with E-state index in [1.807, 2.05) is 6.92 Å². The third-order valence-corrected chi connectivity index (χ3v) is 2.42. The van der Waals surface area contributed by atoms with E-state index in [0.717, 1.165) is 13.1 Å². The van der Waals surface area contributed by atoms with E-state index in [2.05, 4.69) is 47.2 Å². The van der Waals surface area contributed by atoms with Crippen LogP contribution < -0.4 is 0 Å². The molecule has 0 amide bonds. The van der Waals surface area contributed by atoms with Crippen molar-refractivity contribution in [3.63, 3.8) is 0 Å². The monoisotopic (exact) mass is 171 g/mol. The first-order valence-corrected chi connectivity index (χ1v) is 4.62. The third-order valence-electron chi connectivity index (χ3n) is 2.42. The Morgan fingerprint density at radius 1 is 1.23 bits per heavy atom. The smallest absolute Gasteiger partial charge is 0.0346 e. The Labute approximate surface area is 79.4 Å². The average molecular weight is 171 g/mol. The number of hydrogen-bond donors (Lipinski definition) is 0. The molecule has 2 rings (SSSR count). The highest BCUT2D eigenvalue weighted by molar-refractivity contribution is 5.24. The van der Waals surface area contributed by atoms with Crippen LogP contribution in [0.5, 0.6) is 0 Å². The number of benzene rings is 1. The molecule has 1 heteroatoms. The summed E-state index contributed by atoms with van der Waals surface area (Å²) < 4.78 is 0. The predicted molar refractivity (Wildman–Crippen MR) is 54.2 cm³/mol. The van der Waals surface area contributed by atoms with Gasteiger partial charge >= 0.3 is 0 Å². The molecule has 0 aliphatic carbocycles. The molecule has 1 nitrogen and oxygen atoms in total. The van der Waals surface area contributed by atoms with Gasteiger partial charge in [-0.2, -0.15) is 0 Å². The summed E-state index contributed by atoms with van der Waals surface area (Å²) in [6.45, 7) is 4.06. The minimum Gasteiger partial charge on any atom is -0.331 e. The minimum absolute atomic E-state index is 0.696. The number of hydrogen-bond acceptors (Lipinski definition) is 1. The van der Waals surface area contributed by atoms with Gasteiger partial charge in [0.25, 0.3) is 0 Å². The van der Waals surface area contributed by atoms with Gasteiger partial charge in [-0.3, -0.25) is 0 Å². The van der Waals surface area contributed by atoms with Gasteiger partial charge in [-0.1, -0.05) is 36.3 Å². The molecule has 0 atom stereocenters. The predicted octanol–water partition coefficient (Wildman–Crippen LogP) is 2.07. The van der Waals surface area contributed by atoms with Crippen molar-refractivity contribution in [1.29, 1.82) is 0 Å². The molecular formula is C12H13N. The molecular weight excluding hydrogens is 158 g/mol. The number of likely N-dealkylation sites (tertiary alicyclic amines) is 1. The van der Waals surface area contributed by atoms with E-state index in [1.165, 1.54) is 5.56 Å². The van der Waals surface area contributed by atoms with Crippen LogP contribution in [0, 0.1) is 12.0 Å². The fourth-order valence-corrected chi connectivity index (χ4v) is 1.66. The van der Waals surface area contributed by atoms with Gasteiger partial charge in [0.2, 0.25) is 0 Å².